The highest BCUT2D eigenvalue weighted by atomic mass is 15.2. The number of hydrogen-bond donors (Lipinski definition) is 0. The van der Waals surface area contributed by atoms with Crippen LogP contribution in [0.3, 0.4) is 0 Å². The summed E-state index contributed by atoms with van der Waals surface area (Å²) in [6, 6.07) is 42.9. The molecule has 2 nitrogen and oxygen atoms in total. The Labute approximate surface area is 292 Å². The van der Waals surface area contributed by atoms with Crippen LogP contribution in [0.4, 0.5) is 11.4 Å². The molecule has 3 atom stereocenters. The van der Waals surface area contributed by atoms with E-state index >= 15 is 0 Å². The first-order chi connectivity index (χ1) is 24.0. The Morgan fingerprint density at radius 2 is 1.14 bits per heavy atom. The first kappa shape index (κ1) is 30.1. The van der Waals surface area contributed by atoms with E-state index in [4.69, 9.17) is 0 Å². The predicted octanol–water partition coefficient (Wildman–Crippen LogP) is 11.0. The van der Waals surface area contributed by atoms with Crippen molar-refractivity contribution in [1.29, 1.82) is 0 Å². The van der Waals surface area contributed by atoms with E-state index in [1.54, 1.807) is 0 Å². The highest BCUT2D eigenvalue weighted by Crippen LogP contribution is 2.53. The molecule has 5 aliphatic rings. The molecule has 49 heavy (non-hydrogen) atoms. The van der Waals surface area contributed by atoms with Crippen LogP contribution in [0.15, 0.2) is 185 Å². The van der Waals surface area contributed by atoms with Crippen LogP contribution in [0.5, 0.6) is 0 Å². The molecule has 0 aromatic heterocycles. The molecular formula is C46H43BN2. The van der Waals surface area contributed by atoms with Gasteiger partial charge in [-0.1, -0.05) is 142 Å². The van der Waals surface area contributed by atoms with E-state index in [9.17, 15) is 0 Å². The molecule has 4 aromatic rings. The fourth-order valence-corrected chi connectivity index (χ4v) is 8.92. The van der Waals surface area contributed by atoms with Gasteiger partial charge in [0.2, 0.25) is 6.71 Å². The van der Waals surface area contributed by atoms with Crippen molar-refractivity contribution in [3.63, 3.8) is 0 Å². The van der Waals surface area contributed by atoms with E-state index in [-0.39, 0.29) is 18.2 Å². The molecule has 0 amide bonds. The number of rotatable bonds is 4. The molecule has 3 unspecified atom stereocenters. The topological polar surface area (TPSA) is 6.48 Å². The number of allylic oxidation sites excluding steroid dienone is 9. The molecule has 0 fully saturated rings. The Balaban J connectivity index is 1.25. The highest BCUT2D eigenvalue weighted by molar-refractivity contribution is 6.83. The lowest BCUT2D eigenvalue weighted by molar-refractivity contribution is 0.590. The van der Waals surface area contributed by atoms with E-state index in [0.29, 0.717) is 11.8 Å². The lowest BCUT2D eigenvalue weighted by Gasteiger charge is -2.52. The van der Waals surface area contributed by atoms with Crippen LogP contribution in [0.2, 0.25) is 0 Å². The van der Waals surface area contributed by atoms with Crippen LogP contribution in [0.1, 0.15) is 68.6 Å². The predicted molar refractivity (Wildman–Crippen MR) is 207 cm³/mol. The minimum Gasteiger partial charge on any atom is -0.339 e. The maximum Gasteiger partial charge on any atom is 0.246 e. The SMILES string of the molecule is CC(C)(C)c1ccc(N2C3=C4B(C5=C2CC(c2ccccc2)C=C5)C2=C(CC(c5ccccc5)C=C2)N(c2ccccc2)C4CC=C3)cc1. The minimum atomic E-state index is 0.104. The number of nitrogens with zero attached hydrogens (tertiary/aromatic N) is 2. The summed E-state index contributed by atoms with van der Waals surface area (Å²) >= 11 is 0. The average Bonchev–Trinajstić information content (AvgIpc) is 3.15. The molecule has 0 spiro atoms. The third-order valence-corrected chi connectivity index (χ3v) is 11.3. The van der Waals surface area contributed by atoms with E-state index in [1.165, 1.54) is 61.6 Å². The molecule has 2 heterocycles. The fourth-order valence-electron chi connectivity index (χ4n) is 8.92. The van der Waals surface area contributed by atoms with Crippen molar-refractivity contribution in [2.45, 2.75) is 63.3 Å². The van der Waals surface area contributed by atoms with Gasteiger partial charge in [-0.2, -0.15) is 0 Å². The second-order valence-electron chi connectivity index (χ2n) is 15.2. The summed E-state index contributed by atoms with van der Waals surface area (Å²) in [5.74, 6) is 0.693. The average molecular weight is 635 g/mol. The Morgan fingerprint density at radius 3 is 1.73 bits per heavy atom. The van der Waals surface area contributed by atoms with E-state index < -0.39 is 0 Å². The molecule has 0 N–H and O–H groups in total. The quantitative estimate of drug-likeness (QED) is 0.206. The van der Waals surface area contributed by atoms with Crippen molar-refractivity contribution in [3.8, 4) is 0 Å². The molecule has 4 aromatic carbocycles. The number of para-hydroxylation sites is 1. The van der Waals surface area contributed by atoms with Crippen LogP contribution >= 0.6 is 0 Å². The first-order valence-corrected chi connectivity index (χ1v) is 18.0. The Morgan fingerprint density at radius 1 is 0.592 bits per heavy atom. The molecule has 0 bridgehead atoms. The van der Waals surface area contributed by atoms with Crippen molar-refractivity contribution in [2.24, 2.45) is 0 Å². The summed E-state index contributed by atoms with van der Waals surface area (Å²) < 4.78 is 0. The Bertz CT molecular complexity index is 2080. The standard InChI is InChI=1S/C46H43BN2/c1-46(2,3)36-24-26-38(27-25-36)49-42-21-13-20-41-45(42)47(40-29-23-35(31-44(40)49)33-16-9-5-10-17-33)39-28-22-34(32-14-7-4-8-15-32)30-43(39)48(41)37-18-11-6-12-19-37/h4-19,21-29,34-35,41H,20,30-31H2,1-3H3. The summed E-state index contributed by atoms with van der Waals surface area (Å²) in [7, 11) is 0. The van der Waals surface area contributed by atoms with Gasteiger partial charge in [0.25, 0.3) is 0 Å². The monoisotopic (exact) mass is 634 g/mol. The zero-order valence-corrected chi connectivity index (χ0v) is 28.8. The van der Waals surface area contributed by atoms with E-state index in [0.717, 1.165) is 19.3 Å². The normalized spacial score (nSPS) is 22.8. The lowest BCUT2D eigenvalue weighted by Crippen LogP contribution is -2.53. The molecule has 9 rings (SSSR count). The molecular weight excluding hydrogens is 591 g/mol. The van der Waals surface area contributed by atoms with Gasteiger partial charge in [-0.15, -0.1) is 0 Å². The maximum atomic E-state index is 2.70. The van der Waals surface area contributed by atoms with Crippen LogP contribution in [-0.4, -0.2) is 12.8 Å². The fraction of sp³-hybridized carbons (Fsp3) is 0.217. The first-order valence-electron chi connectivity index (χ1n) is 18.0. The third kappa shape index (κ3) is 5.10. The molecule has 2 aliphatic heterocycles. The minimum absolute atomic E-state index is 0.104. The molecule has 3 heteroatoms. The number of anilines is 2. The van der Waals surface area contributed by atoms with Crippen molar-refractivity contribution in [3.05, 3.63) is 202 Å². The smallest absolute Gasteiger partial charge is 0.246 e. The van der Waals surface area contributed by atoms with Gasteiger partial charge in [0.1, 0.15) is 0 Å². The van der Waals surface area contributed by atoms with Gasteiger partial charge >= 0.3 is 0 Å². The Hall–Kier alpha value is -5.02. The van der Waals surface area contributed by atoms with Gasteiger partial charge in [-0.3, -0.25) is 0 Å². The second-order valence-corrected chi connectivity index (χ2v) is 15.2. The summed E-state index contributed by atoms with van der Waals surface area (Å²) in [5.41, 5.74) is 15.5. The second kappa shape index (κ2) is 11.8. The van der Waals surface area contributed by atoms with E-state index in [1.807, 2.05) is 0 Å². The molecule has 3 aliphatic carbocycles. The summed E-state index contributed by atoms with van der Waals surface area (Å²) in [4.78, 5) is 5.33. The number of fused-ring (bicyclic) bond motifs is 2. The highest BCUT2D eigenvalue weighted by Gasteiger charge is 2.49. The lowest BCUT2D eigenvalue weighted by atomic mass is 9.29. The summed E-state index contributed by atoms with van der Waals surface area (Å²) in [6.07, 6.45) is 17.8. The Kier molecular flexibility index (Phi) is 7.27. The van der Waals surface area contributed by atoms with E-state index in [2.05, 4.69) is 182 Å². The van der Waals surface area contributed by atoms with Gasteiger partial charge < -0.3 is 9.80 Å². The third-order valence-electron chi connectivity index (χ3n) is 11.3. The van der Waals surface area contributed by atoms with Gasteiger partial charge in [0, 0.05) is 40.3 Å². The van der Waals surface area contributed by atoms with Gasteiger partial charge in [0.05, 0.1) is 6.04 Å². The van der Waals surface area contributed by atoms with Crippen molar-refractivity contribution >= 4 is 18.1 Å². The van der Waals surface area contributed by atoms with Crippen molar-refractivity contribution in [1.82, 2.24) is 0 Å². The van der Waals surface area contributed by atoms with Gasteiger partial charge in [-0.25, -0.2) is 0 Å². The number of benzene rings is 4. The summed E-state index contributed by atoms with van der Waals surface area (Å²) in [6.45, 7) is 7.14. The maximum absolute atomic E-state index is 2.70. The van der Waals surface area contributed by atoms with Crippen LogP contribution in [-0.2, 0) is 5.41 Å². The zero-order valence-electron chi connectivity index (χ0n) is 28.8. The molecule has 0 radical (unpaired) electrons. The van der Waals surface area contributed by atoms with Crippen LogP contribution in [0, 0.1) is 0 Å². The summed E-state index contributed by atoms with van der Waals surface area (Å²) in [5, 5.41) is 0. The van der Waals surface area contributed by atoms with Crippen molar-refractivity contribution in [2.75, 3.05) is 9.80 Å². The zero-order chi connectivity index (χ0) is 33.1. The largest absolute Gasteiger partial charge is 0.339 e. The molecule has 0 saturated carbocycles. The van der Waals surface area contributed by atoms with Crippen LogP contribution < -0.4 is 9.80 Å². The molecule has 0 saturated heterocycles. The molecule has 240 valence electrons. The van der Waals surface area contributed by atoms with Gasteiger partial charge in [0.15, 0.2) is 0 Å². The number of hydrogen-bond acceptors (Lipinski definition) is 2. The van der Waals surface area contributed by atoms with Gasteiger partial charge in [-0.05, 0) is 88.1 Å². The van der Waals surface area contributed by atoms with Crippen molar-refractivity contribution < 1.29 is 0 Å². The van der Waals surface area contributed by atoms with Crippen LogP contribution in [0.25, 0.3) is 0 Å².